The predicted molar refractivity (Wildman–Crippen MR) is 129 cm³/mol. The summed E-state index contributed by atoms with van der Waals surface area (Å²) in [6.45, 7) is 4.19. The molecule has 4 bridgehead atoms. The fourth-order valence-electron chi connectivity index (χ4n) is 7.34. The van der Waals surface area contributed by atoms with E-state index in [0.29, 0.717) is 28.9 Å². The summed E-state index contributed by atoms with van der Waals surface area (Å²) in [6, 6.07) is 7.61. The fourth-order valence-corrected chi connectivity index (χ4v) is 7.34. The Kier molecular flexibility index (Phi) is 5.57. The van der Waals surface area contributed by atoms with Crippen LogP contribution in [0.25, 0.3) is 0 Å². The van der Waals surface area contributed by atoms with E-state index in [1.165, 1.54) is 32.1 Å². The van der Waals surface area contributed by atoms with Gasteiger partial charge in [0.15, 0.2) is 6.10 Å². The van der Waals surface area contributed by atoms with Gasteiger partial charge in [-0.2, -0.15) is 0 Å². The lowest BCUT2D eigenvalue weighted by Gasteiger charge is -2.59. The van der Waals surface area contributed by atoms with Gasteiger partial charge in [0, 0.05) is 0 Å². The zero-order valence-corrected chi connectivity index (χ0v) is 20.7. The van der Waals surface area contributed by atoms with Gasteiger partial charge in [-0.3, -0.25) is 0 Å². The van der Waals surface area contributed by atoms with Crippen LogP contribution in [0.1, 0.15) is 51.5 Å². The lowest BCUT2D eigenvalue weighted by molar-refractivity contribution is -0.216. The zero-order chi connectivity index (χ0) is 24.2. The van der Waals surface area contributed by atoms with Crippen molar-refractivity contribution in [1.82, 2.24) is 0 Å². The quantitative estimate of drug-likeness (QED) is 0.417. The first-order valence-corrected chi connectivity index (χ1v) is 12.9. The Labute approximate surface area is 206 Å². The molecule has 6 aliphatic rings. The Morgan fingerprint density at radius 1 is 1.06 bits per heavy atom. The summed E-state index contributed by atoms with van der Waals surface area (Å²) in [5, 5.41) is 0. The van der Waals surface area contributed by atoms with Crippen molar-refractivity contribution < 1.29 is 28.5 Å². The van der Waals surface area contributed by atoms with Crippen LogP contribution in [-0.4, -0.2) is 31.4 Å². The molecule has 1 aromatic rings. The van der Waals surface area contributed by atoms with E-state index in [0.717, 1.165) is 17.4 Å². The summed E-state index contributed by atoms with van der Waals surface area (Å²) in [7, 11) is 1.58. The highest BCUT2D eigenvalue weighted by Gasteiger charge is 2.59. The number of carbonyl (C=O) groups excluding carboxylic acids is 1. The van der Waals surface area contributed by atoms with Crippen LogP contribution in [0.3, 0.4) is 0 Å². The molecule has 5 fully saturated rings. The largest absolute Gasteiger partial charge is 0.504 e. The van der Waals surface area contributed by atoms with Crippen LogP contribution < -0.4 is 4.74 Å². The molecule has 35 heavy (non-hydrogen) atoms. The minimum Gasteiger partial charge on any atom is -0.504 e. The van der Waals surface area contributed by atoms with Gasteiger partial charge >= 0.3 is 5.97 Å². The standard InChI is InChI=1S/C29H34O6/c1-4-7-24-23(10-11-31-3)29(22-8-5-6-9-25(22)33-24)32-17-26(34-29)27(30)35-28(2)20-13-18-12-19(15-20)16-21(28)14-18/h4-11,18-21,26H,12-17H2,1-3H3/b7-4-,11-10+. The lowest BCUT2D eigenvalue weighted by Crippen LogP contribution is -2.58. The van der Waals surface area contributed by atoms with Gasteiger partial charge in [0.05, 0.1) is 31.1 Å². The molecule has 6 nitrogen and oxygen atoms in total. The van der Waals surface area contributed by atoms with E-state index >= 15 is 0 Å². The minimum absolute atomic E-state index is 0.108. The van der Waals surface area contributed by atoms with Crippen molar-refractivity contribution in [3.05, 3.63) is 65.7 Å². The maximum atomic E-state index is 13.6. The SMILES string of the molecule is C/C=C\C1=C(/C=C/OC)C2(OCC(C(=O)OC3(C)C4CC5CC(C4)CC3C5)O2)c2ccccc2O1. The number of hydrogen-bond donors (Lipinski definition) is 0. The fraction of sp³-hybridized carbons (Fsp3) is 0.552. The highest BCUT2D eigenvalue weighted by molar-refractivity contribution is 5.76. The molecule has 4 saturated carbocycles. The molecule has 0 N–H and O–H groups in total. The number of ether oxygens (including phenoxy) is 5. The molecule has 2 atom stereocenters. The van der Waals surface area contributed by atoms with Crippen molar-refractivity contribution in [3.63, 3.8) is 0 Å². The van der Waals surface area contributed by atoms with Crippen molar-refractivity contribution in [2.45, 2.75) is 63.4 Å². The summed E-state index contributed by atoms with van der Waals surface area (Å²) < 4.78 is 30.6. The topological polar surface area (TPSA) is 63.2 Å². The molecule has 186 valence electrons. The number of para-hydroxylation sites is 1. The van der Waals surface area contributed by atoms with Crippen molar-refractivity contribution in [2.24, 2.45) is 23.7 Å². The Morgan fingerprint density at radius 3 is 2.46 bits per heavy atom. The van der Waals surface area contributed by atoms with Crippen LogP contribution in [-0.2, 0) is 29.5 Å². The molecule has 2 aliphatic heterocycles. The highest BCUT2D eigenvalue weighted by Crippen LogP contribution is 2.60. The van der Waals surface area contributed by atoms with Crippen LogP contribution in [0.5, 0.6) is 5.75 Å². The normalized spacial score (nSPS) is 39.5. The average molecular weight is 479 g/mol. The maximum Gasteiger partial charge on any atom is 0.338 e. The summed E-state index contributed by atoms with van der Waals surface area (Å²) >= 11 is 0. The Balaban J connectivity index is 1.30. The van der Waals surface area contributed by atoms with Crippen molar-refractivity contribution in [2.75, 3.05) is 13.7 Å². The molecule has 7 rings (SSSR count). The third kappa shape index (κ3) is 3.56. The maximum absolute atomic E-state index is 13.6. The molecule has 6 heteroatoms. The lowest BCUT2D eigenvalue weighted by atomic mass is 9.50. The monoisotopic (exact) mass is 478 g/mol. The van der Waals surface area contributed by atoms with Crippen LogP contribution in [0.4, 0.5) is 0 Å². The number of fused-ring (bicyclic) bond motifs is 2. The summed E-state index contributed by atoms with van der Waals surface area (Å²) in [5.74, 6) is 2.12. The summed E-state index contributed by atoms with van der Waals surface area (Å²) in [5.41, 5.74) is 0.953. The predicted octanol–water partition coefficient (Wildman–Crippen LogP) is 5.40. The van der Waals surface area contributed by atoms with Crippen molar-refractivity contribution in [1.29, 1.82) is 0 Å². The number of allylic oxidation sites excluding steroid dienone is 2. The number of rotatable bonds is 5. The molecule has 0 amide bonds. The van der Waals surface area contributed by atoms with Gasteiger partial charge in [0.2, 0.25) is 5.79 Å². The van der Waals surface area contributed by atoms with Gasteiger partial charge in [-0.05, 0) is 93.9 Å². The smallest absolute Gasteiger partial charge is 0.338 e. The molecule has 1 spiro atoms. The average Bonchev–Trinajstić information content (AvgIpc) is 3.28. The molecule has 2 unspecified atom stereocenters. The van der Waals surface area contributed by atoms with E-state index in [4.69, 9.17) is 23.7 Å². The van der Waals surface area contributed by atoms with E-state index < -0.39 is 17.5 Å². The summed E-state index contributed by atoms with van der Waals surface area (Å²) in [4.78, 5) is 13.6. The number of esters is 1. The van der Waals surface area contributed by atoms with Gasteiger partial charge in [0.1, 0.15) is 17.1 Å². The van der Waals surface area contributed by atoms with Gasteiger partial charge < -0.3 is 23.7 Å². The molecule has 1 aromatic carbocycles. The second-order valence-corrected chi connectivity index (χ2v) is 10.9. The van der Waals surface area contributed by atoms with Crippen LogP contribution in [0.2, 0.25) is 0 Å². The molecule has 1 saturated heterocycles. The molecule has 2 heterocycles. The third-order valence-corrected chi connectivity index (χ3v) is 8.86. The third-order valence-electron chi connectivity index (χ3n) is 8.86. The van der Waals surface area contributed by atoms with E-state index in [1.807, 2.05) is 43.3 Å². The van der Waals surface area contributed by atoms with Gasteiger partial charge in [-0.25, -0.2) is 4.79 Å². The zero-order valence-electron chi connectivity index (χ0n) is 20.7. The second kappa shape index (κ2) is 8.52. The van der Waals surface area contributed by atoms with E-state index in [1.54, 1.807) is 19.4 Å². The first kappa shape index (κ1) is 22.9. The van der Waals surface area contributed by atoms with Crippen LogP contribution in [0, 0.1) is 23.7 Å². The minimum atomic E-state index is -1.28. The van der Waals surface area contributed by atoms with E-state index in [2.05, 4.69) is 6.92 Å². The molecule has 4 aliphatic carbocycles. The molecule has 0 radical (unpaired) electrons. The first-order chi connectivity index (χ1) is 17.0. The van der Waals surface area contributed by atoms with Crippen molar-refractivity contribution >= 4 is 5.97 Å². The molecular formula is C29H34O6. The molecular weight excluding hydrogens is 444 g/mol. The highest BCUT2D eigenvalue weighted by atomic mass is 16.8. The Hall–Kier alpha value is -2.57. The van der Waals surface area contributed by atoms with E-state index in [9.17, 15) is 4.79 Å². The second-order valence-electron chi connectivity index (χ2n) is 10.9. The summed E-state index contributed by atoms with van der Waals surface area (Å²) in [6.07, 6.45) is 12.3. The van der Waals surface area contributed by atoms with Gasteiger partial charge in [-0.15, -0.1) is 0 Å². The Bertz CT molecular complexity index is 1070. The molecule has 0 aromatic heterocycles. The van der Waals surface area contributed by atoms with Crippen LogP contribution in [0.15, 0.2) is 60.1 Å². The number of carbonyl (C=O) groups is 1. The van der Waals surface area contributed by atoms with Gasteiger partial charge in [-0.1, -0.05) is 18.2 Å². The number of methoxy groups -OCH3 is 1. The van der Waals surface area contributed by atoms with Gasteiger partial charge in [0.25, 0.3) is 0 Å². The van der Waals surface area contributed by atoms with E-state index in [-0.39, 0.29) is 12.6 Å². The van der Waals surface area contributed by atoms with Crippen molar-refractivity contribution in [3.8, 4) is 5.75 Å². The number of hydrogen-bond acceptors (Lipinski definition) is 6. The van der Waals surface area contributed by atoms with Crippen LogP contribution >= 0.6 is 0 Å². The number of benzene rings is 1. The first-order valence-electron chi connectivity index (χ1n) is 12.9. The Morgan fingerprint density at radius 2 is 1.77 bits per heavy atom.